The number of hydrogen-bond donors (Lipinski definition) is 2. The molecule has 3 atom stereocenters. The van der Waals surface area contributed by atoms with Crippen LogP contribution in [0.15, 0.2) is 0 Å². The first kappa shape index (κ1) is 57.2. The number of hydrogen-bond acceptors (Lipinski definition) is 8. The third kappa shape index (κ3) is 38.2. The van der Waals surface area contributed by atoms with Crippen LogP contribution >= 0.6 is 0 Å². The van der Waals surface area contributed by atoms with Crippen molar-refractivity contribution in [3.8, 4) is 0 Å². The van der Waals surface area contributed by atoms with Crippen molar-refractivity contribution in [3.05, 3.63) is 0 Å². The Labute approximate surface area is 361 Å². The smallest absolute Gasteiger partial charge is 0.305 e. The van der Waals surface area contributed by atoms with Gasteiger partial charge in [0.15, 0.2) is 6.29 Å². The number of aliphatic hydroxyl groups is 2. The summed E-state index contributed by atoms with van der Waals surface area (Å²) in [6.45, 7) is 16.4. The molecule has 8 heteroatoms. The Morgan fingerprint density at radius 3 is 1.50 bits per heavy atom. The summed E-state index contributed by atoms with van der Waals surface area (Å²) in [5.74, 6) is 0.280. The quantitative estimate of drug-likeness (QED) is 0.0356. The van der Waals surface area contributed by atoms with E-state index in [0.29, 0.717) is 58.3 Å². The minimum absolute atomic E-state index is 0.139. The van der Waals surface area contributed by atoms with Gasteiger partial charge in [0.25, 0.3) is 0 Å². The Hall–Kier alpha value is -0.770. The highest BCUT2D eigenvalue weighted by atomic mass is 16.7. The van der Waals surface area contributed by atoms with Gasteiger partial charge in [-0.1, -0.05) is 176 Å². The van der Waals surface area contributed by atoms with Crippen LogP contribution in [-0.2, 0) is 23.7 Å². The maximum atomic E-state index is 12.8. The highest BCUT2D eigenvalue weighted by Crippen LogP contribution is 2.23. The van der Waals surface area contributed by atoms with Crippen molar-refractivity contribution >= 4 is 5.97 Å². The fourth-order valence-electron chi connectivity index (χ4n) is 7.71. The van der Waals surface area contributed by atoms with Gasteiger partial charge < -0.3 is 29.2 Å². The minimum Gasteiger partial charge on any atom is -0.465 e. The molecular weight excluding hydrogens is 727 g/mol. The molecule has 0 aliphatic rings. The van der Waals surface area contributed by atoms with Crippen molar-refractivity contribution in [3.63, 3.8) is 0 Å². The zero-order chi connectivity index (χ0) is 42.6. The average Bonchev–Trinajstić information content (AvgIpc) is 3.22. The molecule has 0 rings (SSSR count). The largest absolute Gasteiger partial charge is 0.465 e. The summed E-state index contributed by atoms with van der Waals surface area (Å²) in [7, 11) is 0. The van der Waals surface area contributed by atoms with E-state index >= 15 is 0 Å². The Bertz CT molecular complexity index is 799. The third-order valence-electron chi connectivity index (χ3n) is 11.9. The standard InChI is InChI=1S/C50H101NO7/c1-6-11-15-19-22-24-28-34-47(33-27-23-18-14-9-4)48(53)43-51(37-29-30-39-52)38-42-55-44-46(10-5)45-58-49(54)35-36-50(56-40-31-25-20-16-12-7-2)57-41-32-26-21-17-13-8-3/h46-48,50,52-53H,6-45H2,1-5H3. The highest BCUT2D eigenvalue weighted by Gasteiger charge is 2.22. The van der Waals surface area contributed by atoms with E-state index in [4.69, 9.17) is 18.9 Å². The van der Waals surface area contributed by atoms with Crippen molar-refractivity contribution in [2.45, 2.75) is 246 Å². The van der Waals surface area contributed by atoms with Crippen LogP contribution in [0.4, 0.5) is 0 Å². The molecule has 0 saturated carbocycles. The van der Waals surface area contributed by atoms with E-state index < -0.39 is 0 Å². The predicted molar refractivity (Wildman–Crippen MR) is 245 cm³/mol. The van der Waals surface area contributed by atoms with Gasteiger partial charge in [0.1, 0.15) is 0 Å². The van der Waals surface area contributed by atoms with Crippen LogP contribution in [0.25, 0.3) is 0 Å². The second-order valence-electron chi connectivity index (χ2n) is 17.4. The summed E-state index contributed by atoms with van der Waals surface area (Å²) in [4.78, 5) is 15.2. The van der Waals surface area contributed by atoms with Crippen LogP contribution in [0, 0.1) is 11.8 Å². The number of carbonyl (C=O) groups is 1. The molecule has 348 valence electrons. The Morgan fingerprint density at radius 1 is 0.534 bits per heavy atom. The van der Waals surface area contributed by atoms with Gasteiger partial charge in [-0.05, 0) is 57.4 Å². The molecule has 0 aromatic carbocycles. The topological polar surface area (TPSA) is 97.7 Å². The maximum Gasteiger partial charge on any atom is 0.305 e. The van der Waals surface area contributed by atoms with E-state index in [1.807, 2.05) is 0 Å². The van der Waals surface area contributed by atoms with Crippen LogP contribution in [0.1, 0.15) is 234 Å². The lowest BCUT2D eigenvalue weighted by Crippen LogP contribution is -2.39. The molecule has 0 aromatic rings. The normalized spacial score (nSPS) is 13.5. The Morgan fingerprint density at radius 2 is 1.02 bits per heavy atom. The summed E-state index contributed by atoms with van der Waals surface area (Å²) in [5, 5.41) is 21.0. The first-order valence-electron chi connectivity index (χ1n) is 25.4. The SMILES string of the molecule is CCCCCCCCCC(CCCCCCC)C(O)CN(CCCCO)CCOCC(CC)COC(=O)CCC(OCCCCCCCC)OCCCCCCCC. The lowest BCUT2D eigenvalue weighted by Gasteiger charge is -2.30. The predicted octanol–water partition coefficient (Wildman–Crippen LogP) is 13.0. The number of rotatable bonds is 48. The van der Waals surface area contributed by atoms with Crippen LogP contribution in [-0.4, -0.2) is 92.8 Å². The summed E-state index contributed by atoms with van der Waals surface area (Å²) in [6, 6.07) is 0. The number of esters is 1. The first-order chi connectivity index (χ1) is 28.4. The molecule has 0 aliphatic carbocycles. The number of nitrogens with zero attached hydrogens (tertiary/aromatic N) is 1. The van der Waals surface area contributed by atoms with E-state index in [1.54, 1.807) is 0 Å². The van der Waals surface area contributed by atoms with Crippen LogP contribution in [0.3, 0.4) is 0 Å². The molecule has 0 fully saturated rings. The molecular formula is C50H101NO7. The molecule has 0 amide bonds. The van der Waals surface area contributed by atoms with Crippen LogP contribution < -0.4 is 0 Å². The lowest BCUT2D eigenvalue weighted by atomic mass is 9.89. The Balaban J connectivity index is 4.88. The van der Waals surface area contributed by atoms with Gasteiger partial charge in [0.2, 0.25) is 0 Å². The number of aliphatic hydroxyl groups excluding tert-OH is 2. The average molecular weight is 828 g/mol. The van der Waals surface area contributed by atoms with Crippen LogP contribution in [0.2, 0.25) is 0 Å². The van der Waals surface area contributed by atoms with E-state index in [9.17, 15) is 15.0 Å². The van der Waals surface area contributed by atoms with Gasteiger partial charge in [-0.2, -0.15) is 0 Å². The third-order valence-corrected chi connectivity index (χ3v) is 11.9. The molecule has 0 saturated heterocycles. The highest BCUT2D eigenvalue weighted by molar-refractivity contribution is 5.69. The van der Waals surface area contributed by atoms with Gasteiger partial charge in [-0.3, -0.25) is 9.69 Å². The fraction of sp³-hybridized carbons (Fsp3) is 0.980. The maximum absolute atomic E-state index is 12.8. The van der Waals surface area contributed by atoms with Gasteiger partial charge in [0, 0.05) is 45.2 Å². The summed E-state index contributed by atoms with van der Waals surface area (Å²) in [5.41, 5.74) is 0. The van der Waals surface area contributed by atoms with E-state index in [0.717, 1.165) is 58.0 Å². The van der Waals surface area contributed by atoms with Crippen molar-refractivity contribution < 1.29 is 34.0 Å². The molecule has 0 aliphatic heterocycles. The zero-order valence-corrected chi connectivity index (χ0v) is 39.5. The van der Waals surface area contributed by atoms with E-state index in [2.05, 4.69) is 39.5 Å². The van der Waals surface area contributed by atoms with Crippen molar-refractivity contribution in [1.82, 2.24) is 4.90 Å². The second kappa shape index (κ2) is 45.7. The lowest BCUT2D eigenvalue weighted by molar-refractivity contribution is -0.160. The number of carbonyl (C=O) groups excluding carboxylic acids is 1. The monoisotopic (exact) mass is 828 g/mol. The van der Waals surface area contributed by atoms with Crippen molar-refractivity contribution in [2.24, 2.45) is 11.8 Å². The summed E-state index contributed by atoms with van der Waals surface area (Å²) < 4.78 is 24.2. The molecule has 2 N–H and O–H groups in total. The van der Waals surface area contributed by atoms with Crippen molar-refractivity contribution in [1.29, 1.82) is 0 Å². The van der Waals surface area contributed by atoms with Gasteiger partial charge in [-0.15, -0.1) is 0 Å². The number of unbranched alkanes of at least 4 members (excludes halogenated alkanes) is 21. The molecule has 3 unspecified atom stereocenters. The van der Waals surface area contributed by atoms with Crippen LogP contribution in [0.5, 0.6) is 0 Å². The molecule has 0 bridgehead atoms. The molecule has 8 nitrogen and oxygen atoms in total. The molecule has 58 heavy (non-hydrogen) atoms. The fourth-order valence-corrected chi connectivity index (χ4v) is 7.71. The second-order valence-corrected chi connectivity index (χ2v) is 17.4. The Kier molecular flexibility index (Phi) is 45.1. The van der Waals surface area contributed by atoms with Gasteiger partial charge >= 0.3 is 5.97 Å². The molecule has 0 aromatic heterocycles. The van der Waals surface area contributed by atoms with E-state index in [1.165, 1.54) is 141 Å². The molecule has 0 spiro atoms. The minimum atomic E-state index is -0.357. The summed E-state index contributed by atoms with van der Waals surface area (Å²) in [6.07, 6.45) is 34.9. The van der Waals surface area contributed by atoms with Gasteiger partial charge in [-0.25, -0.2) is 0 Å². The molecule has 0 radical (unpaired) electrons. The molecule has 0 heterocycles. The summed E-state index contributed by atoms with van der Waals surface area (Å²) >= 11 is 0. The first-order valence-corrected chi connectivity index (χ1v) is 25.4. The van der Waals surface area contributed by atoms with Gasteiger partial charge in [0.05, 0.1) is 32.3 Å². The van der Waals surface area contributed by atoms with E-state index in [-0.39, 0.29) is 30.9 Å². The van der Waals surface area contributed by atoms with Crippen molar-refractivity contribution in [2.75, 3.05) is 59.3 Å². The zero-order valence-electron chi connectivity index (χ0n) is 39.5. The number of ether oxygens (including phenoxy) is 4.